The molecule has 23 heavy (non-hydrogen) atoms. The van der Waals surface area contributed by atoms with Crippen LogP contribution in [0.3, 0.4) is 0 Å². The van der Waals surface area contributed by atoms with Crippen LogP contribution >= 0.6 is 0 Å². The Morgan fingerprint density at radius 2 is 2.00 bits per heavy atom. The number of methoxy groups -OCH3 is 1. The lowest BCUT2D eigenvalue weighted by atomic mass is 9.86. The zero-order valence-corrected chi connectivity index (χ0v) is 13.2. The largest absolute Gasteiger partial charge is 0.504 e. The van der Waals surface area contributed by atoms with E-state index in [1.54, 1.807) is 19.1 Å². The Bertz CT molecular complexity index is 607. The summed E-state index contributed by atoms with van der Waals surface area (Å²) in [5.74, 6) is -1.56. The number of aliphatic carboxylic acids is 1. The molecule has 0 radical (unpaired) electrons. The zero-order valence-electron chi connectivity index (χ0n) is 13.2. The molecule has 1 aromatic rings. The summed E-state index contributed by atoms with van der Waals surface area (Å²) in [4.78, 5) is 23.7. The van der Waals surface area contributed by atoms with Gasteiger partial charge in [-0.3, -0.25) is 9.59 Å². The molecule has 1 aliphatic rings. The van der Waals surface area contributed by atoms with E-state index in [0.717, 1.165) is 5.56 Å². The fraction of sp³-hybridized carbons (Fsp3) is 0.500. The Labute approximate surface area is 134 Å². The number of carboxylic acid groups (broad SMARTS) is 1. The Hall–Kier alpha value is -2.28. The lowest BCUT2D eigenvalue weighted by molar-refractivity contribution is -0.139. The minimum absolute atomic E-state index is 0.0677. The van der Waals surface area contributed by atoms with Gasteiger partial charge in [0, 0.05) is 13.2 Å². The van der Waals surface area contributed by atoms with Crippen LogP contribution in [0.25, 0.3) is 0 Å². The Morgan fingerprint density at radius 3 is 2.57 bits per heavy atom. The molecule has 1 fully saturated rings. The number of aryl methyl sites for hydroxylation is 1. The van der Waals surface area contributed by atoms with E-state index < -0.39 is 17.4 Å². The molecule has 7 nitrogen and oxygen atoms in total. The van der Waals surface area contributed by atoms with Crippen LogP contribution in [0.4, 0.5) is 0 Å². The van der Waals surface area contributed by atoms with Gasteiger partial charge in [0.15, 0.2) is 11.5 Å². The average molecular weight is 323 g/mol. The highest BCUT2D eigenvalue weighted by molar-refractivity contribution is 5.98. The lowest BCUT2D eigenvalue weighted by Crippen LogP contribution is -2.53. The normalized spacial score (nSPS) is 16.6. The number of hydrogen-bond donors (Lipinski definition) is 3. The van der Waals surface area contributed by atoms with Gasteiger partial charge in [0.25, 0.3) is 5.91 Å². The van der Waals surface area contributed by atoms with Crippen LogP contribution in [0.5, 0.6) is 11.5 Å². The smallest absolute Gasteiger partial charge is 0.305 e. The van der Waals surface area contributed by atoms with Crippen LogP contribution in [-0.2, 0) is 9.53 Å². The summed E-state index contributed by atoms with van der Waals surface area (Å²) >= 11 is 0. The van der Waals surface area contributed by atoms with E-state index in [2.05, 4.69) is 5.32 Å². The monoisotopic (exact) mass is 323 g/mol. The quantitative estimate of drug-likeness (QED) is 0.758. The number of nitrogens with one attached hydrogen (secondary N) is 1. The van der Waals surface area contributed by atoms with Crippen molar-refractivity contribution in [1.82, 2.24) is 5.32 Å². The van der Waals surface area contributed by atoms with Gasteiger partial charge in [0.2, 0.25) is 0 Å². The van der Waals surface area contributed by atoms with Crippen LogP contribution in [0.15, 0.2) is 12.1 Å². The maximum absolute atomic E-state index is 12.6. The van der Waals surface area contributed by atoms with E-state index in [0.29, 0.717) is 26.1 Å². The van der Waals surface area contributed by atoms with Crippen molar-refractivity contribution in [2.45, 2.75) is 31.7 Å². The molecule has 1 aromatic carbocycles. The number of carbonyl (C=O) groups is 2. The van der Waals surface area contributed by atoms with Gasteiger partial charge in [0.1, 0.15) is 0 Å². The molecular weight excluding hydrogens is 302 g/mol. The minimum atomic E-state index is -0.988. The molecule has 0 atom stereocenters. The molecule has 2 rings (SSSR count). The Morgan fingerprint density at radius 1 is 1.35 bits per heavy atom. The van der Waals surface area contributed by atoms with Crippen molar-refractivity contribution in [1.29, 1.82) is 0 Å². The van der Waals surface area contributed by atoms with Gasteiger partial charge < -0.3 is 25.0 Å². The summed E-state index contributed by atoms with van der Waals surface area (Å²) in [7, 11) is 1.40. The average Bonchev–Trinajstić information content (AvgIpc) is 2.49. The molecule has 3 N–H and O–H groups in total. The van der Waals surface area contributed by atoms with Crippen molar-refractivity contribution < 1.29 is 29.3 Å². The number of hydrogen-bond acceptors (Lipinski definition) is 5. The summed E-state index contributed by atoms with van der Waals surface area (Å²) < 4.78 is 10.3. The number of aromatic hydroxyl groups is 1. The maximum atomic E-state index is 12.6. The summed E-state index contributed by atoms with van der Waals surface area (Å²) in [6, 6.07) is 3.16. The van der Waals surface area contributed by atoms with Crippen LogP contribution in [0.2, 0.25) is 0 Å². The third-order valence-electron chi connectivity index (χ3n) is 4.00. The third-order valence-corrected chi connectivity index (χ3v) is 4.00. The number of rotatable bonds is 5. The molecular formula is C16H21NO6. The molecule has 1 amide bonds. The van der Waals surface area contributed by atoms with Gasteiger partial charge in [-0.15, -0.1) is 0 Å². The predicted molar refractivity (Wildman–Crippen MR) is 81.9 cm³/mol. The first-order valence-corrected chi connectivity index (χ1v) is 7.36. The van der Waals surface area contributed by atoms with Gasteiger partial charge in [-0.1, -0.05) is 0 Å². The molecule has 7 heteroatoms. The zero-order chi connectivity index (χ0) is 17.0. The van der Waals surface area contributed by atoms with Gasteiger partial charge in [-0.2, -0.15) is 0 Å². The number of amides is 1. The molecule has 0 unspecified atom stereocenters. The second kappa shape index (κ2) is 6.87. The number of phenolic OH excluding ortho intramolecular Hbond substituents is 1. The molecule has 1 saturated heterocycles. The maximum Gasteiger partial charge on any atom is 0.305 e. The summed E-state index contributed by atoms with van der Waals surface area (Å²) in [5.41, 5.74) is -0.0490. The molecule has 0 saturated carbocycles. The fourth-order valence-corrected chi connectivity index (χ4v) is 2.78. The summed E-state index contributed by atoms with van der Waals surface area (Å²) in [6.07, 6.45) is 0.634. The predicted octanol–water partition coefficient (Wildman–Crippen LogP) is 1.46. The van der Waals surface area contributed by atoms with Crippen molar-refractivity contribution in [2.75, 3.05) is 20.3 Å². The molecule has 0 bridgehead atoms. The number of carbonyl (C=O) groups excluding carboxylic acids is 1. The first kappa shape index (κ1) is 17.1. The Balaban J connectivity index is 2.28. The van der Waals surface area contributed by atoms with E-state index >= 15 is 0 Å². The molecule has 1 aliphatic heterocycles. The number of phenols is 1. The van der Waals surface area contributed by atoms with Crippen molar-refractivity contribution in [3.63, 3.8) is 0 Å². The van der Waals surface area contributed by atoms with Gasteiger partial charge in [-0.25, -0.2) is 0 Å². The first-order valence-electron chi connectivity index (χ1n) is 7.36. The van der Waals surface area contributed by atoms with Crippen LogP contribution in [0.1, 0.15) is 35.2 Å². The molecule has 1 heterocycles. The second-order valence-electron chi connectivity index (χ2n) is 5.78. The van der Waals surface area contributed by atoms with E-state index in [9.17, 15) is 14.7 Å². The van der Waals surface area contributed by atoms with Crippen molar-refractivity contribution in [3.8, 4) is 11.5 Å². The fourth-order valence-electron chi connectivity index (χ4n) is 2.78. The standard InChI is InChI=1S/C16H21NO6/c1-10-7-11(14(20)12(8-10)22-2)15(21)17-16(9-13(18)19)3-5-23-6-4-16/h7-8,20H,3-6,9H2,1-2H3,(H,17,21)(H,18,19). The molecule has 0 aromatic heterocycles. The highest BCUT2D eigenvalue weighted by atomic mass is 16.5. The van der Waals surface area contributed by atoms with Gasteiger partial charge >= 0.3 is 5.97 Å². The minimum Gasteiger partial charge on any atom is -0.504 e. The summed E-state index contributed by atoms with van der Waals surface area (Å²) in [6.45, 7) is 2.55. The molecule has 0 spiro atoms. The van der Waals surface area contributed by atoms with Crippen molar-refractivity contribution >= 4 is 11.9 Å². The van der Waals surface area contributed by atoms with Crippen molar-refractivity contribution in [2.24, 2.45) is 0 Å². The van der Waals surface area contributed by atoms with E-state index in [-0.39, 0.29) is 23.5 Å². The number of ether oxygens (including phenoxy) is 2. The highest BCUT2D eigenvalue weighted by Crippen LogP contribution is 2.32. The summed E-state index contributed by atoms with van der Waals surface area (Å²) in [5, 5.41) is 22.1. The lowest BCUT2D eigenvalue weighted by Gasteiger charge is -2.36. The first-order chi connectivity index (χ1) is 10.9. The van der Waals surface area contributed by atoms with E-state index in [1.807, 2.05) is 0 Å². The topological polar surface area (TPSA) is 105 Å². The number of carboxylic acids is 1. The van der Waals surface area contributed by atoms with Gasteiger partial charge in [-0.05, 0) is 37.5 Å². The van der Waals surface area contributed by atoms with E-state index in [1.165, 1.54) is 7.11 Å². The highest BCUT2D eigenvalue weighted by Gasteiger charge is 2.37. The SMILES string of the molecule is COc1cc(C)cc(C(=O)NC2(CC(=O)O)CCOCC2)c1O. The van der Waals surface area contributed by atoms with E-state index in [4.69, 9.17) is 14.6 Å². The second-order valence-corrected chi connectivity index (χ2v) is 5.78. The van der Waals surface area contributed by atoms with Gasteiger partial charge in [0.05, 0.1) is 24.6 Å². The number of benzene rings is 1. The van der Waals surface area contributed by atoms with Crippen molar-refractivity contribution in [3.05, 3.63) is 23.3 Å². The third kappa shape index (κ3) is 3.92. The molecule has 0 aliphatic carbocycles. The Kier molecular flexibility index (Phi) is 5.10. The van der Waals surface area contributed by atoms with Crippen LogP contribution in [0, 0.1) is 6.92 Å². The van der Waals surface area contributed by atoms with Crippen LogP contribution in [-0.4, -0.2) is 48.0 Å². The molecule has 126 valence electrons. The van der Waals surface area contributed by atoms with Crippen LogP contribution < -0.4 is 10.1 Å².